The van der Waals surface area contributed by atoms with Crippen LogP contribution in [0.5, 0.6) is 11.5 Å². The second-order valence-electron chi connectivity index (χ2n) is 6.31. The zero-order valence-corrected chi connectivity index (χ0v) is 15.0. The van der Waals surface area contributed by atoms with E-state index in [1.165, 1.54) is 0 Å². The molecule has 1 atom stereocenters. The Morgan fingerprint density at radius 1 is 1.15 bits per heavy atom. The first kappa shape index (κ1) is 18.2. The molecule has 1 aromatic carbocycles. The van der Waals surface area contributed by atoms with Crippen molar-refractivity contribution in [2.75, 3.05) is 7.11 Å². The van der Waals surface area contributed by atoms with Crippen LogP contribution < -0.4 is 9.47 Å². The third-order valence-corrected chi connectivity index (χ3v) is 4.17. The first-order valence-corrected chi connectivity index (χ1v) is 8.69. The highest BCUT2D eigenvalue weighted by atomic mass is 16.5. The fraction of sp³-hybridized carbons (Fsp3) is 0.381. The molecule has 1 aliphatic rings. The average Bonchev–Trinajstić information content (AvgIpc) is 2.65. The van der Waals surface area contributed by atoms with Gasteiger partial charge in [0.1, 0.15) is 29.4 Å². The van der Waals surface area contributed by atoms with Gasteiger partial charge >= 0.3 is 0 Å². The number of pyridine rings is 1. The van der Waals surface area contributed by atoms with E-state index < -0.39 is 0 Å². The van der Waals surface area contributed by atoms with Crippen LogP contribution in [-0.4, -0.2) is 35.5 Å². The van der Waals surface area contributed by atoms with E-state index in [1.54, 1.807) is 13.3 Å². The van der Waals surface area contributed by atoms with E-state index in [9.17, 15) is 5.11 Å². The second kappa shape index (κ2) is 8.70. The van der Waals surface area contributed by atoms with Crippen LogP contribution in [0.1, 0.15) is 31.0 Å². The summed E-state index contributed by atoms with van der Waals surface area (Å²) < 4.78 is 16.6. The summed E-state index contributed by atoms with van der Waals surface area (Å²) in [5.41, 5.74) is 1.74. The first-order chi connectivity index (χ1) is 12.6. The Kier molecular flexibility index (Phi) is 6.11. The molecule has 0 radical (unpaired) electrons. The molecule has 136 valence electrons. The molecule has 1 saturated carbocycles. The summed E-state index contributed by atoms with van der Waals surface area (Å²) >= 11 is 0. The summed E-state index contributed by atoms with van der Waals surface area (Å²) in [5.74, 6) is 7.59. The van der Waals surface area contributed by atoms with Gasteiger partial charge < -0.3 is 19.3 Å². The zero-order valence-electron chi connectivity index (χ0n) is 15.0. The van der Waals surface area contributed by atoms with Crippen molar-refractivity contribution in [1.29, 1.82) is 0 Å². The lowest BCUT2D eigenvalue weighted by atomic mass is 9.92. The number of aromatic nitrogens is 1. The quantitative estimate of drug-likeness (QED) is 0.809. The number of benzene rings is 1. The molecule has 1 heterocycles. The molecule has 0 amide bonds. The van der Waals surface area contributed by atoms with Gasteiger partial charge in [-0.3, -0.25) is 0 Å². The lowest BCUT2D eigenvalue weighted by molar-refractivity contribution is -0.0109. The monoisotopic (exact) mass is 353 g/mol. The summed E-state index contributed by atoms with van der Waals surface area (Å²) in [4.78, 5) is 4.29. The minimum Gasteiger partial charge on any atom is -0.497 e. The molecule has 26 heavy (non-hydrogen) atoms. The Bertz CT molecular complexity index is 755. The van der Waals surface area contributed by atoms with Crippen LogP contribution in [-0.2, 0) is 11.3 Å². The molecule has 3 rings (SSSR count). The van der Waals surface area contributed by atoms with Gasteiger partial charge in [0, 0.05) is 12.8 Å². The highest BCUT2D eigenvalue weighted by molar-refractivity contribution is 5.32. The van der Waals surface area contributed by atoms with Gasteiger partial charge in [-0.25, -0.2) is 4.98 Å². The van der Waals surface area contributed by atoms with Crippen molar-refractivity contribution in [3.63, 3.8) is 0 Å². The van der Waals surface area contributed by atoms with Crippen molar-refractivity contribution in [1.82, 2.24) is 4.98 Å². The predicted molar refractivity (Wildman–Crippen MR) is 98.0 cm³/mol. The molecule has 0 aliphatic heterocycles. The molecule has 5 nitrogen and oxygen atoms in total. The van der Waals surface area contributed by atoms with Crippen LogP contribution >= 0.6 is 0 Å². The Morgan fingerprint density at radius 2 is 1.88 bits per heavy atom. The number of hydrogen-bond acceptors (Lipinski definition) is 5. The van der Waals surface area contributed by atoms with Gasteiger partial charge in [-0.05, 0) is 42.7 Å². The first-order valence-electron chi connectivity index (χ1n) is 8.69. The molecule has 0 spiro atoms. The number of hydrogen-bond donors (Lipinski definition) is 1. The normalized spacial score (nSPS) is 19.7. The van der Waals surface area contributed by atoms with Gasteiger partial charge in [0.2, 0.25) is 0 Å². The molecule has 0 bridgehead atoms. The van der Waals surface area contributed by atoms with Crippen molar-refractivity contribution in [3.8, 4) is 23.3 Å². The van der Waals surface area contributed by atoms with Crippen molar-refractivity contribution in [2.45, 2.75) is 44.7 Å². The van der Waals surface area contributed by atoms with E-state index >= 15 is 0 Å². The lowest BCUT2D eigenvalue weighted by Crippen LogP contribution is -2.37. The predicted octanol–water partition coefficient (Wildman–Crippen LogP) is 2.95. The molecule has 1 fully saturated rings. The topological polar surface area (TPSA) is 60.8 Å². The molecule has 5 heteroatoms. The molecule has 0 saturated heterocycles. The SMILES string of the molecule is COc1ccc(COC(C)C#Cc2ccc(O[C@H]3C[C@H](O)C3)cn2)cc1. The third kappa shape index (κ3) is 5.22. The maximum absolute atomic E-state index is 9.27. The van der Waals surface area contributed by atoms with Crippen LogP contribution in [0.4, 0.5) is 0 Å². The second-order valence-corrected chi connectivity index (χ2v) is 6.31. The number of aliphatic hydroxyl groups is 1. The maximum Gasteiger partial charge on any atom is 0.138 e. The summed E-state index contributed by atoms with van der Waals surface area (Å²) in [6, 6.07) is 11.4. The largest absolute Gasteiger partial charge is 0.497 e. The van der Waals surface area contributed by atoms with Gasteiger partial charge in [0.15, 0.2) is 0 Å². The molecule has 1 N–H and O–H groups in total. The Balaban J connectivity index is 1.46. The van der Waals surface area contributed by atoms with E-state index in [-0.39, 0.29) is 18.3 Å². The van der Waals surface area contributed by atoms with E-state index in [0.717, 1.165) is 11.3 Å². The molecule has 1 unspecified atom stereocenters. The highest BCUT2D eigenvalue weighted by Gasteiger charge is 2.28. The molecule has 1 aromatic heterocycles. The third-order valence-electron chi connectivity index (χ3n) is 4.17. The van der Waals surface area contributed by atoms with Gasteiger partial charge in [-0.2, -0.15) is 0 Å². The average molecular weight is 353 g/mol. The van der Waals surface area contributed by atoms with Gasteiger partial charge in [-0.15, -0.1) is 0 Å². The summed E-state index contributed by atoms with van der Waals surface area (Å²) in [5, 5.41) is 9.27. The van der Waals surface area contributed by atoms with Crippen LogP contribution in [0.2, 0.25) is 0 Å². The molecular weight excluding hydrogens is 330 g/mol. The Hall–Kier alpha value is -2.55. The van der Waals surface area contributed by atoms with Crippen molar-refractivity contribution >= 4 is 0 Å². The van der Waals surface area contributed by atoms with Crippen LogP contribution in [0.25, 0.3) is 0 Å². The summed E-state index contributed by atoms with van der Waals surface area (Å²) in [6.07, 6.45) is 2.70. The Labute approximate surface area is 153 Å². The Morgan fingerprint density at radius 3 is 2.50 bits per heavy atom. The molecular formula is C21H23NO4. The number of methoxy groups -OCH3 is 1. The van der Waals surface area contributed by atoms with Crippen LogP contribution in [0, 0.1) is 11.8 Å². The van der Waals surface area contributed by atoms with E-state index in [2.05, 4.69) is 16.8 Å². The fourth-order valence-corrected chi connectivity index (χ4v) is 2.51. The van der Waals surface area contributed by atoms with E-state index in [0.29, 0.717) is 30.9 Å². The maximum atomic E-state index is 9.27. The van der Waals surface area contributed by atoms with Crippen molar-refractivity contribution in [3.05, 3.63) is 53.9 Å². The van der Waals surface area contributed by atoms with Gasteiger partial charge in [0.05, 0.1) is 26.0 Å². The number of aliphatic hydroxyl groups excluding tert-OH is 1. The number of nitrogens with zero attached hydrogens (tertiary/aromatic N) is 1. The lowest BCUT2D eigenvalue weighted by Gasteiger charge is -2.31. The smallest absolute Gasteiger partial charge is 0.138 e. The van der Waals surface area contributed by atoms with E-state index in [1.807, 2.05) is 43.3 Å². The molecule has 2 aromatic rings. The summed E-state index contributed by atoms with van der Waals surface area (Å²) in [6.45, 7) is 2.41. The van der Waals surface area contributed by atoms with Crippen molar-refractivity contribution < 1.29 is 19.3 Å². The minimum atomic E-state index is -0.225. The van der Waals surface area contributed by atoms with Crippen molar-refractivity contribution in [2.24, 2.45) is 0 Å². The number of rotatable bonds is 6. The highest BCUT2D eigenvalue weighted by Crippen LogP contribution is 2.25. The standard InChI is InChI=1S/C21H23NO4/c1-15(25-14-16-4-8-19(24-2)9-5-16)3-6-17-7-10-20(13-22-17)26-21-11-18(23)12-21/h4-5,7-10,13,15,18,21,23H,11-12,14H2,1-2H3/t15?,18-,21-. The van der Waals surface area contributed by atoms with Crippen LogP contribution in [0.3, 0.4) is 0 Å². The minimum absolute atomic E-state index is 0.0927. The zero-order chi connectivity index (χ0) is 18.4. The number of ether oxygens (including phenoxy) is 3. The fourth-order valence-electron chi connectivity index (χ4n) is 2.51. The molecule has 1 aliphatic carbocycles. The summed E-state index contributed by atoms with van der Waals surface area (Å²) in [7, 11) is 1.65. The van der Waals surface area contributed by atoms with E-state index in [4.69, 9.17) is 14.2 Å². The van der Waals surface area contributed by atoms with Gasteiger partial charge in [0.25, 0.3) is 0 Å². The van der Waals surface area contributed by atoms with Gasteiger partial charge in [-0.1, -0.05) is 18.1 Å². The van der Waals surface area contributed by atoms with Crippen LogP contribution in [0.15, 0.2) is 42.6 Å².